The third-order valence-electron chi connectivity index (χ3n) is 4.87. The molecule has 7 heteroatoms. The van der Waals surface area contributed by atoms with E-state index in [1.165, 1.54) is 0 Å². The van der Waals surface area contributed by atoms with Gasteiger partial charge in [0.1, 0.15) is 10.6 Å². The first kappa shape index (κ1) is 19.1. The van der Waals surface area contributed by atoms with Crippen LogP contribution in [0.4, 0.5) is 5.82 Å². The van der Waals surface area contributed by atoms with Gasteiger partial charge >= 0.3 is 0 Å². The van der Waals surface area contributed by atoms with Crippen molar-refractivity contribution in [2.75, 3.05) is 25.1 Å². The molecule has 0 spiro atoms. The summed E-state index contributed by atoms with van der Waals surface area (Å²) in [7, 11) is -3.64. The van der Waals surface area contributed by atoms with E-state index in [4.69, 9.17) is 16.3 Å². The maximum Gasteiger partial charge on any atom is 0.188 e. The lowest BCUT2D eigenvalue weighted by molar-refractivity contribution is 0.0738. The summed E-state index contributed by atoms with van der Waals surface area (Å²) in [5.41, 5.74) is 1.47. The molecule has 3 rings (SSSR count). The topological polar surface area (TPSA) is 68.3 Å². The number of hydrogen-bond acceptors (Lipinski definition) is 5. The summed E-state index contributed by atoms with van der Waals surface area (Å²) >= 11 is 5.94. The second kappa shape index (κ2) is 7.55. The van der Waals surface area contributed by atoms with Gasteiger partial charge in [0.2, 0.25) is 0 Å². The monoisotopic (exact) mass is 394 g/mol. The van der Waals surface area contributed by atoms with Crippen LogP contribution in [0, 0.1) is 6.92 Å². The highest BCUT2D eigenvalue weighted by atomic mass is 35.5. The van der Waals surface area contributed by atoms with Crippen molar-refractivity contribution < 1.29 is 13.2 Å². The van der Waals surface area contributed by atoms with Gasteiger partial charge in [0, 0.05) is 30.5 Å². The molecule has 1 fully saturated rings. The van der Waals surface area contributed by atoms with Crippen molar-refractivity contribution in [1.82, 2.24) is 4.98 Å². The van der Waals surface area contributed by atoms with Gasteiger partial charge in [-0.3, -0.25) is 0 Å². The van der Waals surface area contributed by atoms with E-state index < -0.39 is 14.6 Å². The molecule has 1 aromatic heterocycles. The van der Waals surface area contributed by atoms with Crippen LogP contribution in [0.25, 0.3) is 0 Å². The Balaban J connectivity index is 2.14. The van der Waals surface area contributed by atoms with Crippen molar-refractivity contribution >= 4 is 27.3 Å². The van der Waals surface area contributed by atoms with Gasteiger partial charge in [-0.25, -0.2) is 13.4 Å². The van der Waals surface area contributed by atoms with Crippen LogP contribution in [0.1, 0.15) is 31.0 Å². The minimum atomic E-state index is -3.64. The normalized spacial score (nSPS) is 17.0. The zero-order valence-corrected chi connectivity index (χ0v) is 16.5. The van der Waals surface area contributed by atoms with Crippen molar-refractivity contribution in [3.8, 4) is 0 Å². The van der Waals surface area contributed by atoms with Gasteiger partial charge in [-0.15, -0.1) is 0 Å². The lowest BCUT2D eigenvalue weighted by Gasteiger charge is -2.37. The highest BCUT2D eigenvalue weighted by molar-refractivity contribution is 7.92. The molecule has 0 radical (unpaired) electrons. The maximum atomic E-state index is 13.6. The van der Waals surface area contributed by atoms with E-state index in [1.54, 1.807) is 24.3 Å². The first-order valence-electron chi connectivity index (χ1n) is 8.70. The summed E-state index contributed by atoms with van der Waals surface area (Å²) < 4.78 is 31.7. The molecular weight excluding hydrogens is 372 g/mol. The number of sulfone groups is 1. The van der Waals surface area contributed by atoms with E-state index in [2.05, 4.69) is 10.3 Å². The fourth-order valence-corrected chi connectivity index (χ4v) is 5.83. The smallest absolute Gasteiger partial charge is 0.188 e. The van der Waals surface area contributed by atoms with Crippen molar-refractivity contribution in [3.63, 3.8) is 0 Å². The minimum absolute atomic E-state index is 0.277. The van der Waals surface area contributed by atoms with E-state index in [-0.39, 0.29) is 4.90 Å². The lowest BCUT2D eigenvalue weighted by Crippen LogP contribution is -2.42. The summed E-state index contributed by atoms with van der Waals surface area (Å²) in [5.74, 6) is 0.750. The Kier molecular flexibility index (Phi) is 5.55. The first-order valence-corrected chi connectivity index (χ1v) is 10.6. The summed E-state index contributed by atoms with van der Waals surface area (Å²) in [6.45, 7) is 5.43. The van der Waals surface area contributed by atoms with Gasteiger partial charge in [-0.1, -0.05) is 17.7 Å². The standard InChI is InChI=1S/C19H23ClN2O3S/c1-3-21-18-9-8-17(14(2)22-18)19(10-12-25-13-11-19)26(23,24)16-6-4-15(20)5-7-16/h4-9H,3,10-13H2,1-2H3,(H,21,22). The van der Waals surface area contributed by atoms with Crippen LogP contribution in [-0.2, 0) is 19.3 Å². The Morgan fingerprint density at radius 1 is 1.15 bits per heavy atom. The highest BCUT2D eigenvalue weighted by Gasteiger charge is 2.48. The SMILES string of the molecule is CCNc1ccc(C2(S(=O)(=O)c3ccc(Cl)cc3)CCOCC2)c(C)n1. The molecule has 2 heterocycles. The van der Waals surface area contributed by atoms with Crippen LogP contribution in [-0.4, -0.2) is 33.2 Å². The van der Waals surface area contributed by atoms with Gasteiger partial charge in [0.15, 0.2) is 9.84 Å². The van der Waals surface area contributed by atoms with E-state index in [0.717, 1.165) is 23.6 Å². The van der Waals surface area contributed by atoms with Gasteiger partial charge in [-0.2, -0.15) is 0 Å². The predicted molar refractivity (Wildman–Crippen MR) is 104 cm³/mol. The largest absolute Gasteiger partial charge is 0.381 e. The molecule has 0 saturated carbocycles. The van der Waals surface area contributed by atoms with E-state index in [1.807, 2.05) is 26.0 Å². The predicted octanol–water partition coefficient (Wildman–Crippen LogP) is 3.95. The molecule has 1 aliphatic rings. The number of aryl methyl sites for hydroxylation is 1. The molecule has 0 aliphatic carbocycles. The Hall–Kier alpha value is -1.63. The Morgan fingerprint density at radius 3 is 2.38 bits per heavy atom. The Bertz CT molecular complexity index is 876. The zero-order valence-electron chi connectivity index (χ0n) is 15.0. The molecule has 1 aromatic carbocycles. The average Bonchev–Trinajstić information content (AvgIpc) is 2.63. The number of ether oxygens (including phenoxy) is 1. The first-order chi connectivity index (χ1) is 12.4. The second-order valence-electron chi connectivity index (χ2n) is 6.42. The number of nitrogens with zero attached hydrogens (tertiary/aromatic N) is 1. The van der Waals surface area contributed by atoms with Crippen molar-refractivity contribution in [2.45, 2.75) is 36.3 Å². The third kappa shape index (κ3) is 3.33. The number of halogens is 1. The highest BCUT2D eigenvalue weighted by Crippen LogP contribution is 2.44. The van der Waals surface area contributed by atoms with Crippen molar-refractivity contribution in [1.29, 1.82) is 0 Å². The number of anilines is 1. The van der Waals surface area contributed by atoms with Crippen LogP contribution in [0.5, 0.6) is 0 Å². The quantitative estimate of drug-likeness (QED) is 0.831. The van der Waals surface area contributed by atoms with Crippen LogP contribution < -0.4 is 5.32 Å². The average molecular weight is 395 g/mol. The Morgan fingerprint density at radius 2 is 1.81 bits per heavy atom. The van der Waals surface area contributed by atoms with Gasteiger partial charge in [-0.05, 0) is 62.6 Å². The molecule has 1 aliphatic heterocycles. The third-order valence-corrected chi connectivity index (χ3v) is 7.68. The fourth-order valence-electron chi connectivity index (χ4n) is 3.55. The Labute approximate surface area is 159 Å². The summed E-state index contributed by atoms with van der Waals surface area (Å²) in [6, 6.07) is 10.1. The second-order valence-corrected chi connectivity index (χ2v) is 9.12. The van der Waals surface area contributed by atoms with Crippen molar-refractivity contribution in [3.05, 3.63) is 52.7 Å². The molecular formula is C19H23ClN2O3S. The van der Waals surface area contributed by atoms with Crippen molar-refractivity contribution in [2.24, 2.45) is 0 Å². The molecule has 5 nitrogen and oxygen atoms in total. The lowest BCUT2D eigenvalue weighted by atomic mass is 9.89. The molecule has 0 bridgehead atoms. The summed E-state index contributed by atoms with van der Waals surface area (Å²) in [4.78, 5) is 4.84. The number of rotatable bonds is 5. The molecule has 0 atom stereocenters. The van der Waals surface area contributed by atoms with Gasteiger partial charge in [0.05, 0.1) is 4.90 Å². The molecule has 2 aromatic rings. The summed E-state index contributed by atoms with van der Waals surface area (Å²) in [6.07, 6.45) is 0.808. The molecule has 0 amide bonds. The fraction of sp³-hybridized carbons (Fsp3) is 0.421. The molecule has 1 N–H and O–H groups in total. The molecule has 140 valence electrons. The maximum absolute atomic E-state index is 13.6. The molecule has 0 unspecified atom stereocenters. The van der Waals surface area contributed by atoms with E-state index in [0.29, 0.717) is 31.1 Å². The molecule has 26 heavy (non-hydrogen) atoms. The van der Waals surface area contributed by atoms with Crippen LogP contribution >= 0.6 is 11.6 Å². The number of pyridine rings is 1. The van der Waals surface area contributed by atoms with Gasteiger partial charge in [0.25, 0.3) is 0 Å². The number of hydrogen-bond donors (Lipinski definition) is 1. The van der Waals surface area contributed by atoms with Crippen LogP contribution in [0.2, 0.25) is 5.02 Å². The summed E-state index contributed by atoms with van der Waals surface area (Å²) in [5, 5.41) is 3.68. The zero-order chi connectivity index (χ0) is 18.8. The van der Waals surface area contributed by atoms with Crippen LogP contribution in [0.15, 0.2) is 41.3 Å². The minimum Gasteiger partial charge on any atom is -0.381 e. The van der Waals surface area contributed by atoms with Crippen LogP contribution in [0.3, 0.4) is 0 Å². The van der Waals surface area contributed by atoms with E-state index >= 15 is 0 Å². The van der Waals surface area contributed by atoms with E-state index in [9.17, 15) is 8.42 Å². The van der Waals surface area contributed by atoms with Gasteiger partial charge < -0.3 is 10.1 Å². The number of nitrogens with one attached hydrogen (secondary N) is 1. The number of benzene rings is 1. The molecule has 1 saturated heterocycles. The number of aromatic nitrogens is 1.